The molecule has 2 fully saturated rings. The lowest BCUT2D eigenvalue weighted by atomic mass is 9.80. The van der Waals surface area contributed by atoms with Crippen LogP contribution in [-0.4, -0.2) is 47.5 Å². The molecule has 6 heteroatoms. The number of anilines is 2. The highest BCUT2D eigenvalue weighted by molar-refractivity contribution is 6.31. The molecule has 0 radical (unpaired) electrons. The summed E-state index contributed by atoms with van der Waals surface area (Å²) in [7, 11) is 0. The Morgan fingerprint density at radius 2 is 1.37 bits per heavy atom. The third kappa shape index (κ3) is 2.10. The van der Waals surface area contributed by atoms with Crippen LogP contribution >= 0.6 is 0 Å². The number of ketones is 2. The van der Waals surface area contributed by atoms with E-state index in [-0.39, 0.29) is 23.9 Å². The molecule has 30 heavy (non-hydrogen) atoms. The van der Waals surface area contributed by atoms with Crippen LogP contribution in [0.5, 0.6) is 0 Å². The number of hydrogen-bond acceptors (Lipinski definition) is 6. The number of fused-ring (bicyclic) bond motifs is 1. The minimum absolute atomic E-state index is 0.00901. The van der Waals surface area contributed by atoms with E-state index < -0.39 is 0 Å². The minimum atomic E-state index is -0.0371. The number of carbonyl (C=O) groups is 2. The topological polar surface area (TPSA) is 64.7 Å². The maximum Gasteiger partial charge on any atom is 0.196 e. The fourth-order valence-electron chi connectivity index (χ4n) is 6.06. The van der Waals surface area contributed by atoms with Gasteiger partial charge >= 0.3 is 0 Å². The van der Waals surface area contributed by atoms with Crippen LogP contribution in [0.3, 0.4) is 0 Å². The van der Waals surface area contributed by atoms with Crippen molar-refractivity contribution in [3.05, 3.63) is 57.6 Å². The van der Waals surface area contributed by atoms with Crippen LogP contribution in [0, 0.1) is 0 Å². The van der Waals surface area contributed by atoms with Crippen molar-refractivity contribution in [2.45, 2.75) is 38.0 Å². The summed E-state index contributed by atoms with van der Waals surface area (Å²) in [5.74, 6) is -0.0496. The number of hydrogen-bond donors (Lipinski definition) is 2. The van der Waals surface area contributed by atoms with Gasteiger partial charge in [-0.3, -0.25) is 19.4 Å². The second-order valence-corrected chi connectivity index (χ2v) is 9.18. The highest BCUT2D eigenvalue weighted by Crippen LogP contribution is 2.51. The summed E-state index contributed by atoms with van der Waals surface area (Å²) in [6.45, 7) is 4.17. The Kier molecular flexibility index (Phi) is 3.36. The average Bonchev–Trinajstić information content (AvgIpc) is 3.50. The van der Waals surface area contributed by atoms with Gasteiger partial charge in [0.2, 0.25) is 0 Å². The van der Waals surface area contributed by atoms with E-state index in [9.17, 15) is 9.59 Å². The van der Waals surface area contributed by atoms with E-state index in [1.807, 2.05) is 24.3 Å². The van der Waals surface area contributed by atoms with Crippen molar-refractivity contribution in [2.24, 2.45) is 0 Å². The molecule has 10 rings (SSSR count). The standard InChI is InChI=1S/C24H24N4O2/c29-21-15-11-13-5-6-14(15)22(30)18-16(21)12-17-19(25-23(13)27-7-1-2-8-27)20(18)26-24(17)28-9-3-4-10-28/h5-6,11-12,23-26H,1-4,7-10H2. The van der Waals surface area contributed by atoms with Crippen LogP contribution in [0.1, 0.15) is 81.0 Å². The molecule has 8 aliphatic rings. The number of benzene rings is 2. The van der Waals surface area contributed by atoms with Gasteiger partial charge in [0.1, 0.15) is 12.3 Å². The number of carbonyl (C=O) groups excluding carboxylic acids is 2. The number of nitrogens with one attached hydrogen (secondary N) is 2. The molecule has 7 aliphatic heterocycles. The fraction of sp³-hybridized carbons (Fsp3) is 0.417. The first-order chi connectivity index (χ1) is 14.7. The van der Waals surface area contributed by atoms with Crippen molar-refractivity contribution in [3.63, 3.8) is 0 Å². The molecule has 152 valence electrons. The Balaban J connectivity index is 1.48. The van der Waals surface area contributed by atoms with Crippen molar-refractivity contribution in [3.8, 4) is 0 Å². The number of nitrogens with zero attached hydrogens (tertiary/aromatic N) is 2. The molecule has 2 atom stereocenters. The predicted molar refractivity (Wildman–Crippen MR) is 114 cm³/mol. The molecule has 2 aromatic carbocycles. The summed E-state index contributed by atoms with van der Waals surface area (Å²) in [5.41, 5.74) is 6.24. The maximum atomic E-state index is 13.5. The van der Waals surface area contributed by atoms with Crippen molar-refractivity contribution >= 4 is 22.9 Å². The SMILES string of the molecule is O=C1c2cc3ccc2C(=O)c2c1cc1c(c2NC1N1CCCC1)NC3N1CCCC1. The Morgan fingerprint density at radius 1 is 0.700 bits per heavy atom. The Morgan fingerprint density at radius 3 is 2.10 bits per heavy atom. The molecule has 2 aromatic rings. The van der Waals surface area contributed by atoms with E-state index >= 15 is 0 Å². The first-order valence-electron chi connectivity index (χ1n) is 11.2. The summed E-state index contributed by atoms with van der Waals surface area (Å²) in [4.78, 5) is 31.9. The largest absolute Gasteiger partial charge is 0.364 e. The van der Waals surface area contributed by atoms with Gasteiger partial charge in [-0.2, -0.15) is 0 Å². The van der Waals surface area contributed by atoms with Crippen molar-refractivity contribution in [1.82, 2.24) is 9.80 Å². The summed E-state index contributed by atoms with van der Waals surface area (Å²) < 4.78 is 0. The second kappa shape index (κ2) is 5.93. The van der Waals surface area contributed by atoms with E-state index in [4.69, 9.17) is 0 Å². The molecule has 0 saturated carbocycles. The third-order valence-electron chi connectivity index (χ3n) is 7.55. The molecule has 0 aromatic heterocycles. The van der Waals surface area contributed by atoms with Crippen LogP contribution < -0.4 is 10.6 Å². The molecule has 1 aliphatic carbocycles. The van der Waals surface area contributed by atoms with Crippen molar-refractivity contribution in [2.75, 3.05) is 36.8 Å². The van der Waals surface area contributed by atoms with E-state index in [2.05, 4.69) is 20.4 Å². The van der Waals surface area contributed by atoms with Gasteiger partial charge in [-0.25, -0.2) is 0 Å². The lowest BCUT2D eigenvalue weighted by Gasteiger charge is -2.33. The van der Waals surface area contributed by atoms with Gasteiger partial charge in [0.25, 0.3) is 0 Å². The number of likely N-dealkylation sites (tertiary alicyclic amines) is 2. The van der Waals surface area contributed by atoms with E-state index in [1.54, 1.807) is 0 Å². The normalized spacial score (nSPS) is 26.7. The molecule has 7 heterocycles. The zero-order chi connectivity index (χ0) is 20.0. The first-order valence-corrected chi connectivity index (χ1v) is 11.2. The number of rotatable bonds is 2. The predicted octanol–water partition coefficient (Wildman–Crippen LogP) is 3.50. The summed E-state index contributed by atoms with van der Waals surface area (Å²) in [6, 6.07) is 7.83. The molecule has 2 N–H and O–H groups in total. The quantitative estimate of drug-likeness (QED) is 0.687. The maximum absolute atomic E-state index is 13.5. The highest BCUT2D eigenvalue weighted by atomic mass is 16.1. The first kappa shape index (κ1) is 17.0. The van der Waals surface area contributed by atoms with Crippen molar-refractivity contribution < 1.29 is 9.59 Å². The fourth-order valence-corrected chi connectivity index (χ4v) is 6.06. The van der Waals surface area contributed by atoms with Gasteiger partial charge in [-0.15, -0.1) is 0 Å². The Labute approximate surface area is 175 Å². The summed E-state index contributed by atoms with van der Waals surface area (Å²) in [5, 5.41) is 7.47. The highest BCUT2D eigenvalue weighted by Gasteiger charge is 2.43. The molecule has 6 nitrogen and oxygen atoms in total. The van der Waals surface area contributed by atoms with Gasteiger partial charge in [0.15, 0.2) is 11.6 Å². The molecular formula is C24H24N4O2. The van der Waals surface area contributed by atoms with Crippen LogP contribution in [0.2, 0.25) is 0 Å². The second-order valence-electron chi connectivity index (χ2n) is 9.18. The average molecular weight is 400 g/mol. The third-order valence-corrected chi connectivity index (χ3v) is 7.55. The van der Waals surface area contributed by atoms with Crippen LogP contribution in [0.4, 0.5) is 11.4 Å². The molecule has 8 bridgehead atoms. The minimum Gasteiger partial charge on any atom is -0.364 e. The zero-order valence-corrected chi connectivity index (χ0v) is 16.8. The molecule has 0 spiro atoms. The van der Waals surface area contributed by atoms with Crippen LogP contribution in [0.25, 0.3) is 0 Å². The van der Waals surface area contributed by atoms with E-state index in [1.165, 1.54) is 25.7 Å². The van der Waals surface area contributed by atoms with Gasteiger partial charge in [0.05, 0.1) is 16.9 Å². The van der Waals surface area contributed by atoms with Crippen LogP contribution in [0.15, 0.2) is 24.3 Å². The van der Waals surface area contributed by atoms with Gasteiger partial charge in [-0.1, -0.05) is 6.07 Å². The molecule has 2 saturated heterocycles. The van der Waals surface area contributed by atoms with E-state index in [0.29, 0.717) is 22.3 Å². The van der Waals surface area contributed by atoms with Crippen molar-refractivity contribution in [1.29, 1.82) is 0 Å². The van der Waals surface area contributed by atoms with E-state index in [0.717, 1.165) is 48.7 Å². The molecular weight excluding hydrogens is 376 g/mol. The lowest BCUT2D eigenvalue weighted by molar-refractivity contribution is 0.0979. The Bertz CT molecular complexity index is 1130. The Hall–Kier alpha value is -2.70. The monoisotopic (exact) mass is 400 g/mol. The smallest absolute Gasteiger partial charge is 0.196 e. The molecule has 0 amide bonds. The van der Waals surface area contributed by atoms with Crippen LogP contribution in [-0.2, 0) is 0 Å². The lowest BCUT2D eigenvalue weighted by Crippen LogP contribution is -2.33. The van der Waals surface area contributed by atoms with Gasteiger partial charge < -0.3 is 10.6 Å². The molecule has 2 unspecified atom stereocenters. The summed E-state index contributed by atoms with van der Waals surface area (Å²) in [6.07, 6.45) is 4.81. The summed E-state index contributed by atoms with van der Waals surface area (Å²) >= 11 is 0. The zero-order valence-electron chi connectivity index (χ0n) is 16.8. The van der Waals surface area contributed by atoms with Gasteiger partial charge in [-0.05, 0) is 49.4 Å². The van der Waals surface area contributed by atoms with Gasteiger partial charge in [0, 0.05) is 48.4 Å².